The molecule has 2 aromatic carbocycles. The Morgan fingerprint density at radius 2 is 1.59 bits per heavy atom. The molecule has 5 heteroatoms. The van der Waals surface area contributed by atoms with E-state index in [1.54, 1.807) is 6.07 Å². The van der Waals surface area contributed by atoms with Crippen LogP contribution in [0, 0.1) is 18.6 Å². The molecule has 0 fully saturated rings. The van der Waals surface area contributed by atoms with Gasteiger partial charge in [-0.05, 0) is 60.4 Å². The first-order chi connectivity index (χ1) is 15.2. The summed E-state index contributed by atoms with van der Waals surface area (Å²) < 4.78 is 34.3. The van der Waals surface area contributed by atoms with Crippen LogP contribution in [0.2, 0.25) is 0 Å². The van der Waals surface area contributed by atoms with Crippen molar-refractivity contribution in [1.29, 1.82) is 0 Å². The molecule has 0 unspecified atom stereocenters. The summed E-state index contributed by atoms with van der Waals surface area (Å²) in [5.41, 5.74) is 4.79. The highest BCUT2D eigenvalue weighted by molar-refractivity contribution is 6.08. The fraction of sp³-hybridized carbons (Fsp3) is 0.185. The molecule has 3 heterocycles. The molecule has 3 aromatic heterocycles. The first kappa shape index (κ1) is 20.3. The third-order valence-corrected chi connectivity index (χ3v) is 5.84. The topological polar surface area (TPSA) is 38.9 Å². The highest BCUT2D eigenvalue weighted by Crippen LogP contribution is 2.36. The summed E-state index contributed by atoms with van der Waals surface area (Å²) >= 11 is 0. The molecule has 5 rings (SSSR count). The molecule has 0 N–H and O–H groups in total. The molecule has 0 radical (unpaired) electrons. The number of aromatic nitrogens is 2. The van der Waals surface area contributed by atoms with Crippen LogP contribution in [-0.4, -0.2) is 9.97 Å². The van der Waals surface area contributed by atoms with E-state index in [0.717, 1.165) is 22.0 Å². The summed E-state index contributed by atoms with van der Waals surface area (Å²) in [6, 6.07) is 16.3. The minimum absolute atomic E-state index is 0.00545. The molecule has 0 atom stereocenters. The van der Waals surface area contributed by atoms with Gasteiger partial charge in [-0.1, -0.05) is 32.9 Å². The number of hydrogen-bond donors (Lipinski definition) is 0. The van der Waals surface area contributed by atoms with Gasteiger partial charge in [0, 0.05) is 33.7 Å². The van der Waals surface area contributed by atoms with Crippen molar-refractivity contribution < 1.29 is 13.2 Å². The van der Waals surface area contributed by atoms with Crippen molar-refractivity contribution in [3.8, 4) is 22.5 Å². The molecular formula is C27H22F2N2O. The molecule has 5 aromatic rings. The maximum atomic E-state index is 14.1. The first-order valence-electron chi connectivity index (χ1n) is 10.5. The lowest BCUT2D eigenvalue weighted by molar-refractivity contribution is 0.569. The molecule has 0 spiro atoms. The van der Waals surface area contributed by atoms with Crippen LogP contribution in [0.15, 0.2) is 65.2 Å². The summed E-state index contributed by atoms with van der Waals surface area (Å²) in [4.78, 5) is 9.14. The third kappa shape index (κ3) is 3.34. The van der Waals surface area contributed by atoms with Gasteiger partial charge in [0.25, 0.3) is 0 Å². The van der Waals surface area contributed by atoms with E-state index < -0.39 is 11.6 Å². The lowest BCUT2D eigenvalue weighted by Gasteiger charge is -2.19. The van der Waals surface area contributed by atoms with E-state index in [1.807, 2.05) is 36.5 Å². The average molecular weight is 428 g/mol. The standard InChI is InChI=1S/C27H22F2N2O/c1-15-21(28)12-16(13-22(15)29)23-9-8-19-18-6-5-7-20(25(18)32-26(19)31-23)24-14-17(10-11-30-24)27(2,3)4/h5-14H,1-4H3. The largest absolute Gasteiger partial charge is 0.437 e. The second kappa shape index (κ2) is 7.23. The Hall–Kier alpha value is -3.60. The van der Waals surface area contributed by atoms with Crippen LogP contribution >= 0.6 is 0 Å². The molecule has 0 amide bonds. The maximum absolute atomic E-state index is 14.1. The van der Waals surface area contributed by atoms with Gasteiger partial charge in [0.05, 0.1) is 11.4 Å². The SMILES string of the molecule is Cc1c(F)cc(-c2ccc3c(n2)oc2c(-c4cc(C(C)(C)C)ccn4)cccc23)cc1F. The minimum Gasteiger partial charge on any atom is -0.437 e. The molecule has 3 nitrogen and oxygen atoms in total. The smallest absolute Gasteiger partial charge is 0.227 e. The number of para-hydroxylation sites is 1. The summed E-state index contributed by atoms with van der Waals surface area (Å²) in [6.45, 7) is 7.90. The molecule has 0 aliphatic rings. The van der Waals surface area contributed by atoms with E-state index >= 15 is 0 Å². The van der Waals surface area contributed by atoms with Gasteiger partial charge in [0.2, 0.25) is 5.71 Å². The molecule has 0 saturated heterocycles. The molecule has 0 aliphatic carbocycles. The Morgan fingerprint density at radius 3 is 2.31 bits per heavy atom. The Balaban J connectivity index is 1.68. The van der Waals surface area contributed by atoms with Crippen LogP contribution in [0.5, 0.6) is 0 Å². The Morgan fingerprint density at radius 1 is 0.844 bits per heavy atom. The number of fused-ring (bicyclic) bond motifs is 3. The Labute approximate surface area is 184 Å². The number of furan rings is 1. The van der Waals surface area contributed by atoms with Crippen molar-refractivity contribution in [1.82, 2.24) is 9.97 Å². The number of pyridine rings is 2. The number of rotatable bonds is 2. The lowest BCUT2D eigenvalue weighted by atomic mass is 9.87. The molecular weight excluding hydrogens is 406 g/mol. The fourth-order valence-electron chi connectivity index (χ4n) is 3.88. The van der Waals surface area contributed by atoms with Crippen LogP contribution < -0.4 is 0 Å². The van der Waals surface area contributed by atoms with Crippen molar-refractivity contribution in [3.63, 3.8) is 0 Å². The van der Waals surface area contributed by atoms with Crippen LogP contribution in [0.25, 0.3) is 44.6 Å². The van der Waals surface area contributed by atoms with Crippen molar-refractivity contribution >= 4 is 22.1 Å². The van der Waals surface area contributed by atoms with E-state index in [9.17, 15) is 8.78 Å². The van der Waals surface area contributed by atoms with Crippen molar-refractivity contribution in [2.24, 2.45) is 0 Å². The van der Waals surface area contributed by atoms with E-state index in [4.69, 9.17) is 4.42 Å². The third-order valence-electron chi connectivity index (χ3n) is 5.84. The highest BCUT2D eigenvalue weighted by atomic mass is 19.1. The zero-order chi connectivity index (χ0) is 22.6. The van der Waals surface area contributed by atoms with Crippen LogP contribution in [0.1, 0.15) is 31.9 Å². The molecule has 32 heavy (non-hydrogen) atoms. The summed E-state index contributed by atoms with van der Waals surface area (Å²) in [5, 5.41) is 1.76. The van der Waals surface area contributed by atoms with Gasteiger partial charge in [0.1, 0.15) is 17.2 Å². The van der Waals surface area contributed by atoms with E-state index in [1.165, 1.54) is 24.6 Å². The fourth-order valence-corrected chi connectivity index (χ4v) is 3.88. The van der Waals surface area contributed by atoms with Gasteiger partial charge in [-0.25, -0.2) is 13.8 Å². The second-order valence-corrected chi connectivity index (χ2v) is 9.08. The van der Waals surface area contributed by atoms with Gasteiger partial charge in [-0.3, -0.25) is 4.98 Å². The average Bonchev–Trinajstić information content (AvgIpc) is 3.14. The number of hydrogen-bond acceptors (Lipinski definition) is 3. The van der Waals surface area contributed by atoms with Gasteiger partial charge in [-0.15, -0.1) is 0 Å². The van der Waals surface area contributed by atoms with E-state index in [-0.39, 0.29) is 11.0 Å². The Kier molecular flexibility index (Phi) is 4.59. The Bertz CT molecular complexity index is 1470. The minimum atomic E-state index is -0.599. The summed E-state index contributed by atoms with van der Waals surface area (Å²) in [7, 11) is 0. The predicted octanol–water partition coefficient (Wildman–Crippen LogP) is 7.59. The molecule has 160 valence electrons. The van der Waals surface area contributed by atoms with E-state index in [2.05, 4.69) is 36.8 Å². The van der Waals surface area contributed by atoms with Crippen molar-refractivity contribution in [3.05, 3.63) is 83.6 Å². The van der Waals surface area contributed by atoms with Gasteiger partial charge >= 0.3 is 0 Å². The van der Waals surface area contributed by atoms with Crippen molar-refractivity contribution in [2.75, 3.05) is 0 Å². The van der Waals surface area contributed by atoms with Crippen molar-refractivity contribution in [2.45, 2.75) is 33.1 Å². The van der Waals surface area contributed by atoms with Gasteiger partial charge in [-0.2, -0.15) is 0 Å². The molecule has 0 bridgehead atoms. The monoisotopic (exact) mass is 428 g/mol. The molecule has 0 saturated carbocycles. The van der Waals surface area contributed by atoms with Gasteiger partial charge in [0.15, 0.2) is 0 Å². The zero-order valence-corrected chi connectivity index (χ0v) is 18.3. The predicted molar refractivity (Wildman–Crippen MR) is 124 cm³/mol. The second-order valence-electron chi connectivity index (χ2n) is 9.08. The van der Waals surface area contributed by atoms with E-state index in [0.29, 0.717) is 22.6 Å². The normalized spacial score (nSPS) is 12.1. The zero-order valence-electron chi connectivity index (χ0n) is 18.3. The van der Waals surface area contributed by atoms with Crippen LogP contribution in [0.3, 0.4) is 0 Å². The summed E-state index contributed by atoms with van der Waals surface area (Å²) in [5.74, 6) is -1.20. The summed E-state index contributed by atoms with van der Waals surface area (Å²) in [6.07, 6.45) is 1.81. The number of halogens is 2. The first-order valence-corrected chi connectivity index (χ1v) is 10.5. The van der Waals surface area contributed by atoms with Crippen LogP contribution in [0.4, 0.5) is 8.78 Å². The maximum Gasteiger partial charge on any atom is 0.227 e. The highest BCUT2D eigenvalue weighted by Gasteiger charge is 2.18. The lowest BCUT2D eigenvalue weighted by Crippen LogP contribution is -2.11. The number of nitrogens with zero attached hydrogens (tertiary/aromatic N) is 2. The number of benzene rings is 2. The van der Waals surface area contributed by atoms with Crippen LogP contribution in [-0.2, 0) is 5.41 Å². The molecule has 0 aliphatic heterocycles. The quantitative estimate of drug-likeness (QED) is 0.291. The van der Waals surface area contributed by atoms with Gasteiger partial charge < -0.3 is 4.42 Å².